The van der Waals surface area contributed by atoms with Gasteiger partial charge in [-0.1, -0.05) is 45.5 Å². The van der Waals surface area contributed by atoms with Crippen LogP contribution < -0.4 is 0 Å². The van der Waals surface area contributed by atoms with Crippen LogP contribution in [0.1, 0.15) is 63.7 Å². The van der Waals surface area contributed by atoms with Crippen LogP contribution in [-0.4, -0.2) is 88.0 Å². The average molecular weight is 611 g/mol. The van der Waals surface area contributed by atoms with E-state index in [2.05, 4.69) is 6.58 Å². The molecule has 3 saturated carbocycles. The maximum atomic E-state index is 13.9. The number of esters is 2. The second kappa shape index (κ2) is 9.95. The normalized spacial score (nSPS) is 45.4. The Morgan fingerprint density at radius 1 is 1.09 bits per heavy atom. The van der Waals surface area contributed by atoms with E-state index in [0.717, 1.165) is 12.8 Å². The summed E-state index contributed by atoms with van der Waals surface area (Å²) in [5.41, 5.74) is -4.14. The minimum Gasteiger partial charge on any atom is -0.455 e. The fraction of sp³-hybridized carbons (Fsp3) is 0.647. The van der Waals surface area contributed by atoms with E-state index < -0.39 is 76.8 Å². The van der Waals surface area contributed by atoms with Crippen molar-refractivity contribution >= 4 is 11.9 Å². The third kappa shape index (κ3) is 3.94. The van der Waals surface area contributed by atoms with Gasteiger partial charge < -0.3 is 39.0 Å². The van der Waals surface area contributed by atoms with Crippen LogP contribution in [0.2, 0.25) is 0 Å². The molecule has 2 saturated heterocycles. The van der Waals surface area contributed by atoms with Crippen LogP contribution >= 0.6 is 0 Å². The lowest BCUT2D eigenvalue weighted by Crippen LogP contribution is -2.82. The zero-order valence-corrected chi connectivity index (χ0v) is 25.6. The van der Waals surface area contributed by atoms with Crippen molar-refractivity contribution in [2.45, 2.75) is 107 Å². The molecule has 1 aromatic carbocycles. The van der Waals surface area contributed by atoms with Crippen molar-refractivity contribution in [1.29, 1.82) is 0 Å². The van der Waals surface area contributed by atoms with Gasteiger partial charge in [0.25, 0.3) is 0 Å². The Bertz CT molecular complexity index is 1400. The van der Waals surface area contributed by atoms with Crippen molar-refractivity contribution in [3.63, 3.8) is 0 Å². The molecular formula is C34H42O10. The molecule has 3 N–H and O–H groups in total. The van der Waals surface area contributed by atoms with Crippen molar-refractivity contribution in [2.24, 2.45) is 22.7 Å². The van der Waals surface area contributed by atoms with E-state index in [0.29, 0.717) is 11.1 Å². The van der Waals surface area contributed by atoms with Crippen molar-refractivity contribution in [3.05, 3.63) is 59.7 Å². The molecule has 4 aliphatic carbocycles. The summed E-state index contributed by atoms with van der Waals surface area (Å²) in [7, 11) is 0. The summed E-state index contributed by atoms with van der Waals surface area (Å²) in [5, 5.41) is 36.7. The molecule has 11 atom stereocenters. The number of fused-ring (bicyclic) bond motifs is 8. The highest BCUT2D eigenvalue weighted by molar-refractivity contribution is 5.89. The SMILES string of the molecule is C=CC1O[C@@H]2C3=C(C)[C@@H](O)C[C@@](O)([C@@H](OC(=O)c4ccccc4)[C@@H]4[C@]5(OC(=O)C6CC6)CO[C@@H]5C[C@H](O)[C@@]4(C)[C@@H]2O1)C3(C)C. The number of carbonyl (C=O) groups is 2. The van der Waals surface area contributed by atoms with E-state index in [1.54, 1.807) is 37.3 Å². The highest BCUT2D eigenvalue weighted by Crippen LogP contribution is 2.66. The lowest BCUT2D eigenvalue weighted by molar-refractivity contribution is -0.362. The van der Waals surface area contributed by atoms with Gasteiger partial charge in [-0.3, -0.25) is 4.79 Å². The molecule has 2 aliphatic heterocycles. The molecule has 0 amide bonds. The van der Waals surface area contributed by atoms with Gasteiger partial charge in [0.2, 0.25) is 0 Å². The van der Waals surface area contributed by atoms with Gasteiger partial charge in [0.05, 0.1) is 42.3 Å². The third-order valence-electron chi connectivity index (χ3n) is 11.7. The van der Waals surface area contributed by atoms with Crippen LogP contribution in [0, 0.1) is 22.7 Å². The zero-order chi connectivity index (χ0) is 31.4. The first-order valence-corrected chi connectivity index (χ1v) is 15.6. The highest BCUT2D eigenvalue weighted by Gasteiger charge is 2.79. The van der Waals surface area contributed by atoms with Crippen LogP contribution in [0.5, 0.6) is 0 Å². The summed E-state index contributed by atoms with van der Waals surface area (Å²) in [5.74, 6) is -2.30. The molecule has 2 bridgehead atoms. The maximum Gasteiger partial charge on any atom is 0.338 e. The van der Waals surface area contributed by atoms with E-state index in [4.69, 9.17) is 23.7 Å². The number of rotatable bonds is 5. The second-order valence-corrected chi connectivity index (χ2v) is 14.3. The number of benzene rings is 1. The molecule has 44 heavy (non-hydrogen) atoms. The first-order chi connectivity index (χ1) is 20.8. The Hall–Kier alpha value is -2.60. The van der Waals surface area contributed by atoms with Gasteiger partial charge in [0.15, 0.2) is 11.9 Å². The summed E-state index contributed by atoms with van der Waals surface area (Å²) in [6.45, 7) is 11.2. The van der Waals surface area contributed by atoms with Crippen molar-refractivity contribution in [3.8, 4) is 0 Å². The van der Waals surface area contributed by atoms with E-state index in [1.165, 1.54) is 6.08 Å². The molecule has 0 aromatic heterocycles. The molecule has 7 rings (SSSR count). The quantitative estimate of drug-likeness (QED) is 0.337. The topological polar surface area (TPSA) is 141 Å². The molecule has 0 spiro atoms. The van der Waals surface area contributed by atoms with E-state index in [1.807, 2.05) is 20.8 Å². The Morgan fingerprint density at radius 3 is 2.41 bits per heavy atom. The molecule has 10 nitrogen and oxygen atoms in total. The molecule has 10 heteroatoms. The average Bonchev–Trinajstić information content (AvgIpc) is 3.76. The molecule has 1 unspecified atom stereocenters. The van der Waals surface area contributed by atoms with Gasteiger partial charge in [-0.2, -0.15) is 0 Å². The summed E-state index contributed by atoms with van der Waals surface area (Å²) < 4.78 is 31.8. The monoisotopic (exact) mass is 610 g/mol. The van der Waals surface area contributed by atoms with Crippen LogP contribution in [0.15, 0.2) is 54.1 Å². The standard InChI is InChI=1S/C34H42O10/c1-6-23-41-25-24-17(2)20(35)15-34(39,31(24,3)4)28(43-29(37)18-10-8-7-9-11-18)26-32(5,27(25)42-23)21(36)14-22-33(26,16-40-22)44-30(38)19-12-13-19/h6-11,19-23,25-28,35-36,39H,1,12-16H2,2-5H3/t20-,21-,22+,23?,25+,26-,27+,28-,32+,33-,34+/m0/s1. The zero-order valence-electron chi connectivity index (χ0n) is 25.6. The summed E-state index contributed by atoms with van der Waals surface area (Å²) in [4.78, 5) is 27.4. The predicted octanol–water partition coefficient (Wildman–Crippen LogP) is 2.84. The highest BCUT2D eigenvalue weighted by atomic mass is 16.7. The molecule has 5 fully saturated rings. The number of aliphatic hydroxyl groups excluding tert-OH is 2. The summed E-state index contributed by atoms with van der Waals surface area (Å²) >= 11 is 0. The van der Waals surface area contributed by atoms with Crippen LogP contribution in [0.4, 0.5) is 0 Å². The van der Waals surface area contributed by atoms with Gasteiger partial charge in [-0.25, -0.2) is 4.79 Å². The van der Waals surface area contributed by atoms with Crippen LogP contribution in [-0.2, 0) is 28.5 Å². The van der Waals surface area contributed by atoms with Crippen LogP contribution in [0.25, 0.3) is 0 Å². The number of hydrogen-bond donors (Lipinski definition) is 3. The van der Waals surface area contributed by atoms with Gasteiger partial charge in [0.1, 0.15) is 23.9 Å². The number of carbonyl (C=O) groups excluding carboxylic acids is 2. The Morgan fingerprint density at radius 2 is 1.80 bits per heavy atom. The fourth-order valence-corrected chi connectivity index (χ4v) is 8.94. The molecule has 238 valence electrons. The van der Waals surface area contributed by atoms with Gasteiger partial charge in [0, 0.05) is 23.7 Å². The molecule has 6 aliphatic rings. The molecule has 0 radical (unpaired) electrons. The predicted molar refractivity (Wildman–Crippen MR) is 155 cm³/mol. The van der Waals surface area contributed by atoms with E-state index in [-0.39, 0.29) is 36.9 Å². The first-order valence-electron chi connectivity index (χ1n) is 15.6. The van der Waals surface area contributed by atoms with Gasteiger partial charge in [-0.05, 0) is 49.1 Å². The Balaban J connectivity index is 1.49. The number of hydrogen-bond acceptors (Lipinski definition) is 10. The van der Waals surface area contributed by atoms with Crippen molar-refractivity contribution in [2.75, 3.05) is 6.61 Å². The largest absolute Gasteiger partial charge is 0.455 e. The van der Waals surface area contributed by atoms with Crippen LogP contribution in [0.3, 0.4) is 0 Å². The van der Waals surface area contributed by atoms with Gasteiger partial charge in [-0.15, -0.1) is 0 Å². The minimum absolute atomic E-state index is 0.00753. The molecular weight excluding hydrogens is 568 g/mol. The van der Waals surface area contributed by atoms with Crippen molar-refractivity contribution in [1.82, 2.24) is 0 Å². The third-order valence-corrected chi connectivity index (χ3v) is 11.7. The summed E-state index contributed by atoms with van der Waals surface area (Å²) in [6, 6.07) is 8.46. The van der Waals surface area contributed by atoms with Gasteiger partial charge >= 0.3 is 11.9 Å². The Labute approximate surface area is 257 Å². The molecule has 1 aromatic rings. The molecule has 2 heterocycles. The number of ether oxygens (including phenoxy) is 5. The minimum atomic E-state index is -1.89. The van der Waals surface area contributed by atoms with Crippen molar-refractivity contribution < 1.29 is 48.6 Å². The second-order valence-electron chi connectivity index (χ2n) is 14.3. The maximum absolute atomic E-state index is 13.9. The van der Waals surface area contributed by atoms with E-state index >= 15 is 0 Å². The van der Waals surface area contributed by atoms with E-state index in [9.17, 15) is 24.9 Å². The number of aliphatic hydroxyl groups is 3. The Kier molecular flexibility index (Phi) is 6.80. The summed E-state index contributed by atoms with van der Waals surface area (Å²) in [6.07, 6.45) is -3.80. The first kappa shape index (κ1) is 30.1. The smallest absolute Gasteiger partial charge is 0.338 e. The fourth-order valence-electron chi connectivity index (χ4n) is 8.94. The lowest BCUT2D eigenvalue weighted by Gasteiger charge is -2.68. The lowest BCUT2D eigenvalue weighted by atomic mass is 9.44.